The van der Waals surface area contributed by atoms with Gasteiger partial charge in [-0.1, -0.05) is 25.7 Å². The molecule has 0 saturated heterocycles. The lowest BCUT2D eigenvalue weighted by Gasteiger charge is -2.17. The molecule has 0 amide bonds. The van der Waals surface area contributed by atoms with Crippen molar-refractivity contribution in [2.45, 2.75) is 64.5 Å². The molecule has 1 aliphatic rings. The Kier molecular flexibility index (Phi) is 5.49. The molecule has 1 fully saturated rings. The molecule has 1 saturated carbocycles. The minimum atomic E-state index is -0.219. The predicted octanol–water partition coefficient (Wildman–Crippen LogP) is 2.32. The highest BCUT2D eigenvalue weighted by atomic mass is 16.3. The largest absolute Gasteiger partial charge is 0.392 e. The fourth-order valence-electron chi connectivity index (χ4n) is 2.26. The molecule has 0 aromatic heterocycles. The van der Waals surface area contributed by atoms with Crippen LogP contribution in [0.2, 0.25) is 0 Å². The molecule has 2 N–H and O–H groups in total. The van der Waals surface area contributed by atoms with Crippen molar-refractivity contribution in [2.75, 3.05) is 6.54 Å². The number of aliphatic hydroxyl groups excluding tert-OH is 1. The first-order chi connectivity index (χ1) is 6.68. The van der Waals surface area contributed by atoms with Crippen LogP contribution in [-0.4, -0.2) is 23.8 Å². The van der Waals surface area contributed by atoms with Crippen molar-refractivity contribution in [1.29, 1.82) is 0 Å². The van der Waals surface area contributed by atoms with Crippen LogP contribution in [0.4, 0.5) is 0 Å². The molecular weight excluding hydrogens is 174 g/mol. The van der Waals surface area contributed by atoms with E-state index in [2.05, 4.69) is 12.2 Å². The van der Waals surface area contributed by atoms with E-state index in [0.717, 1.165) is 12.5 Å². The van der Waals surface area contributed by atoms with Gasteiger partial charge < -0.3 is 10.4 Å². The summed E-state index contributed by atoms with van der Waals surface area (Å²) in [5, 5.41) is 12.5. The smallest absolute Gasteiger partial charge is 0.0636 e. The Balaban J connectivity index is 1.99. The molecule has 84 valence electrons. The molecule has 1 unspecified atom stereocenters. The van der Waals surface area contributed by atoms with Gasteiger partial charge in [0.15, 0.2) is 0 Å². The molecule has 0 bridgehead atoms. The number of hydrogen-bond acceptors (Lipinski definition) is 2. The van der Waals surface area contributed by atoms with E-state index in [-0.39, 0.29) is 6.10 Å². The minimum absolute atomic E-state index is 0.219. The Bertz CT molecular complexity index is 141. The highest BCUT2D eigenvalue weighted by Crippen LogP contribution is 2.28. The van der Waals surface area contributed by atoms with Crippen LogP contribution in [0.5, 0.6) is 0 Å². The van der Waals surface area contributed by atoms with Crippen molar-refractivity contribution in [3.63, 3.8) is 0 Å². The molecule has 0 aromatic rings. The van der Waals surface area contributed by atoms with Crippen LogP contribution < -0.4 is 5.32 Å². The normalized spacial score (nSPS) is 22.5. The molecule has 14 heavy (non-hydrogen) atoms. The molecule has 1 aliphatic carbocycles. The van der Waals surface area contributed by atoms with Crippen LogP contribution in [0, 0.1) is 5.92 Å². The average Bonchev–Trinajstić information content (AvgIpc) is 2.63. The van der Waals surface area contributed by atoms with Gasteiger partial charge in [0.2, 0.25) is 0 Å². The highest BCUT2D eigenvalue weighted by molar-refractivity contribution is 4.70. The van der Waals surface area contributed by atoms with Gasteiger partial charge in [-0.25, -0.2) is 0 Å². The van der Waals surface area contributed by atoms with Crippen LogP contribution in [0.1, 0.15) is 52.4 Å². The van der Waals surface area contributed by atoms with Crippen molar-refractivity contribution in [1.82, 2.24) is 5.32 Å². The van der Waals surface area contributed by atoms with Crippen molar-refractivity contribution in [3.8, 4) is 0 Å². The van der Waals surface area contributed by atoms with E-state index in [0.29, 0.717) is 6.04 Å². The Morgan fingerprint density at radius 2 is 1.93 bits per heavy atom. The van der Waals surface area contributed by atoms with E-state index in [9.17, 15) is 0 Å². The standard InChI is InChI=1S/C12H25NO/c1-10(13-9-11(2)14)7-8-12-5-3-4-6-12/h10-14H,3-9H2,1-2H3/t10?,11-/m0/s1. The summed E-state index contributed by atoms with van der Waals surface area (Å²) in [7, 11) is 0. The lowest BCUT2D eigenvalue weighted by Crippen LogP contribution is -2.32. The van der Waals surface area contributed by atoms with E-state index < -0.39 is 0 Å². The van der Waals surface area contributed by atoms with E-state index in [1.807, 2.05) is 6.92 Å². The maximum atomic E-state index is 9.12. The molecular formula is C12H25NO. The van der Waals surface area contributed by atoms with Gasteiger partial charge in [-0.15, -0.1) is 0 Å². The SMILES string of the molecule is CC(CCC1CCCC1)NC[C@H](C)O. The third kappa shape index (κ3) is 4.97. The maximum Gasteiger partial charge on any atom is 0.0636 e. The van der Waals surface area contributed by atoms with Crippen LogP contribution in [0.3, 0.4) is 0 Å². The Labute approximate surface area is 88.1 Å². The van der Waals surface area contributed by atoms with Crippen molar-refractivity contribution < 1.29 is 5.11 Å². The third-order valence-corrected chi connectivity index (χ3v) is 3.24. The van der Waals surface area contributed by atoms with Gasteiger partial charge in [0.05, 0.1) is 6.10 Å². The number of hydrogen-bond donors (Lipinski definition) is 2. The Hall–Kier alpha value is -0.0800. The Morgan fingerprint density at radius 3 is 2.50 bits per heavy atom. The molecule has 0 aromatic carbocycles. The second-order valence-corrected chi connectivity index (χ2v) is 4.89. The van der Waals surface area contributed by atoms with Crippen molar-refractivity contribution >= 4 is 0 Å². The Morgan fingerprint density at radius 1 is 1.29 bits per heavy atom. The number of aliphatic hydroxyl groups is 1. The van der Waals surface area contributed by atoms with Crippen LogP contribution >= 0.6 is 0 Å². The van der Waals surface area contributed by atoms with Crippen molar-refractivity contribution in [3.05, 3.63) is 0 Å². The molecule has 0 heterocycles. The molecule has 2 nitrogen and oxygen atoms in total. The molecule has 2 atom stereocenters. The molecule has 0 radical (unpaired) electrons. The zero-order chi connectivity index (χ0) is 10.4. The summed E-state index contributed by atoms with van der Waals surface area (Å²) in [6, 6.07) is 0.560. The van der Waals surface area contributed by atoms with Crippen LogP contribution in [-0.2, 0) is 0 Å². The fraction of sp³-hybridized carbons (Fsp3) is 1.00. The van der Waals surface area contributed by atoms with Crippen molar-refractivity contribution in [2.24, 2.45) is 5.92 Å². The second kappa shape index (κ2) is 6.41. The lowest BCUT2D eigenvalue weighted by molar-refractivity contribution is 0.185. The van der Waals surface area contributed by atoms with E-state index in [4.69, 9.17) is 5.11 Å². The fourth-order valence-corrected chi connectivity index (χ4v) is 2.26. The van der Waals surface area contributed by atoms with Gasteiger partial charge in [0.25, 0.3) is 0 Å². The van der Waals surface area contributed by atoms with Gasteiger partial charge in [-0.2, -0.15) is 0 Å². The summed E-state index contributed by atoms with van der Waals surface area (Å²) in [5.41, 5.74) is 0. The maximum absolute atomic E-state index is 9.12. The second-order valence-electron chi connectivity index (χ2n) is 4.89. The van der Waals surface area contributed by atoms with Gasteiger partial charge in [0, 0.05) is 12.6 Å². The van der Waals surface area contributed by atoms with E-state index >= 15 is 0 Å². The summed E-state index contributed by atoms with van der Waals surface area (Å²) >= 11 is 0. The summed E-state index contributed by atoms with van der Waals surface area (Å²) in [6.45, 7) is 4.78. The number of rotatable bonds is 6. The summed E-state index contributed by atoms with van der Waals surface area (Å²) in [4.78, 5) is 0. The average molecular weight is 199 g/mol. The number of nitrogens with one attached hydrogen (secondary N) is 1. The van der Waals surface area contributed by atoms with Gasteiger partial charge in [-0.05, 0) is 32.6 Å². The monoisotopic (exact) mass is 199 g/mol. The predicted molar refractivity (Wildman–Crippen MR) is 60.3 cm³/mol. The van der Waals surface area contributed by atoms with Crippen LogP contribution in [0.15, 0.2) is 0 Å². The summed E-state index contributed by atoms with van der Waals surface area (Å²) in [6.07, 6.45) is 8.20. The molecule has 0 aliphatic heterocycles. The quantitative estimate of drug-likeness (QED) is 0.688. The summed E-state index contributed by atoms with van der Waals surface area (Å²) < 4.78 is 0. The highest BCUT2D eigenvalue weighted by Gasteiger charge is 2.15. The molecule has 1 rings (SSSR count). The van der Waals surface area contributed by atoms with E-state index in [1.165, 1.54) is 38.5 Å². The summed E-state index contributed by atoms with van der Waals surface area (Å²) in [5.74, 6) is 0.991. The third-order valence-electron chi connectivity index (χ3n) is 3.24. The zero-order valence-corrected chi connectivity index (χ0v) is 9.63. The topological polar surface area (TPSA) is 32.3 Å². The molecule has 2 heteroatoms. The van der Waals surface area contributed by atoms with E-state index in [1.54, 1.807) is 0 Å². The lowest BCUT2D eigenvalue weighted by atomic mass is 9.99. The first-order valence-electron chi connectivity index (χ1n) is 6.10. The first-order valence-corrected chi connectivity index (χ1v) is 6.10. The van der Waals surface area contributed by atoms with Gasteiger partial charge in [-0.3, -0.25) is 0 Å². The van der Waals surface area contributed by atoms with Gasteiger partial charge in [0.1, 0.15) is 0 Å². The minimum Gasteiger partial charge on any atom is -0.392 e. The molecule has 0 spiro atoms. The van der Waals surface area contributed by atoms with Crippen LogP contribution in [0.25, 0.3) is 0 Å². The van der Waals surface area contributed by atoms with Gasteiger partial charge >= 0.3 is 0 Å². The zero-order valence-electron chi connectivity index (χ0n) is 9.63. The first kappa shape index (κ1) is 12.0.